The first kappa shape index (κ1) is 14.2. The van der Waals surface area contributed by atoms with Gasteiger partial charge in [0.05, 0.1) is 8.07 Å². The minimum Gasteiger partial charge on any atom is -0.0991 e. The van der Waals surface area contributed by atoms with Gasteiger partial charge in [0, 0.05) is 4.90 Å². The van der Waals surface area contributed by atoms with E-state index in [1.165, 1.54) is 15.0 Å². The van der Waals surface area contributed by atoms with Gasteiger partial charge in [-0.2, -0.15) is 0 Å². The first-order valence-electron chi connectivity index (χ1n) is 6.56. The molecule has 0 aliphatic heterocycles. The van der Waals surface area contributed by atoms with Crippen LogP contribution in [0.25, 0.3) is 6.08 Å². The molecule has 0 N–H and O–H groups in total. The zero-order valence-electron chi connectivity index (χ0n) is 11.8. The Morgan fingerprint density at radius 3 is 1.89 bits per heavy atom. The molecule has 19 heavy (non-hydrogen) atoms. The van der Waals surface area contributed by atoms with Crippen LogP contribution in [-0.4, -0.2) is 8.07 Å². The quantitative estimate of drug-likeness (QED) is 0.513. The average Bonchev–Trinajstić information content (AvgIpc) is 2.39. The Morgan fingerprint density at radius 2 is 1.37 bits per heavy atom. The summed E-state index contributed by atoms with van der Waals surface area (Å²) in [6.45, 7) is 7.20. The lowest BCUT2D eigenvalue weighted by molar-refractivity contribution is 1.47. The minimum absolute atomic E-state index is 1.29. The molecule has 2 aromatic carbocycles. The molecule has 0 heterocycles. The van der Waals surface area contributed by atoms with Gasteiger partial charge in [0.15, 0.2) is 0 Å². The highest BCUT2D eigenvalue weighted by Crippen LogP contribution is 2.34. The van der Waals surface area contributed by atoms with Crippen molar-refractivity contribution in [2.75, 3.05) is 0 Å². The van der Waals surface area contributed by atoms with Gasteiger partial charge in [0.1, 0.15) is 0 Å². The number of benzene rings is 2. The molecule has 0 bridgehead atoms. The van der Waals surface area contributed by atoms with Crippen molar-refractivity contribution in [3.63, 3.8) is 0 Å². The third-order valence-electron chi connectivity index (χ3n) is 2.81. The molecule has 2 rings (SSSR count). The van der Waals surface area contributed by atoms with Crippen molar-refractivity contribution in [2.24, 2.45) is 0 Å². The summed E-state index contributed by atoms with van der Waals surface area (Å²) >= 11 is 1.91. The van der Waals surface area contributed by atoms with Gasteiger partial charge >= 0.3 is 0 Å². The summed E-state index contributed by atoms with van der Waals surface area (Å²) in [5, 5.41) is 0. The van der Waals surface area contributed by atoms with Crippen LogP contribution in [0.15, 0.2) is 70.1 Å². The highest BCUT2D eigenvalue weighted by molar-refractivity contribution is 8.05. The fourth-order valence-corrected chi connectivity index (χ4v) is 4.64. The van der Waals surface area contributed by atoms with Gasteiger partial charge < -0.3 is 0 Å². The molecule has 0 saturated heterocycles. The van der Waals surface area contributed by atoms with E-state index < -0.39 is 8.07 Å². The Hall–Kier alpha value is -1.25. The molecular weight excluding hydrogens is 264 g/mol. The van der Waals surface area contributed by atoms with Crippen LogP contribution in [0.5, 0.6) is 0 Å². The maximum absolute atomic E-state index is 2.40. The molecule has 0 amide bonds. The molecule has 0 spiro atoms. The monoisotopic (exact) mass is 284 g/mol. The van der Waals surface area contributed by atoms with Gasteiger partial charge in [-0.15, -0.1) is 0 Å². The minimum atomic E-state index is -1.33. The fraction of sp³-hybridized carbons (Fsp3) is 0.176. The van der Waals surface area contributed by atoms with Crippen LogP contribution >= 0.6 is 11.8 Å². The van der Waals surface area contributed by atoms with Crippen molar-refractivity contribution in [3.05, 3.63) is 70.8 Å². The van der Waals surface area contributed by atoms with Crippen LogP contribution < -0.4 is 0 Å². The van der Waals surface area contributed by atoms with E-state index >= 15 is 0 Å². The molecule has 2 heteroatoms. The van der Waals surface area contributed by atoms with E-state index in [0.29, 0.717) is 0 Å². The normalized spacial score (nSPS) is 12.5. The molecule has 0 nitrogen and oxygen atoms in total. The second kappa shape index (κ2) is 6.26. The summed E-state index contributed by atoms with van der Waals surface area (Å²) < 4.78 is 1.52. The summed E-state index contributed by atoms with van der Waals surface area (Å²) in [5.41, 5.74) is 1.29. The van der Waals surface area contributed by atoms with Crippen molar-refractivity contribution in [3.8, 4) is 0 Å². The van der Waals surface area contributed by atoms with Crippen LogP contribution in [0.4, 0.5) is 0 Å². The summed E-state index contributed by atoms with van der Waals surface area (Å²) in [4.78, 5) is 1.33. The summed E-state index contributed by atoms with van der Waals surface area (Å²) in [5.74, 6) is 0. The molecular formula is C17H20SSi. The SMILES string of the molecule is C[Si](C)(C)/C(=C/c1ccccc1)Sc1ccccc1. The Balaban J connectivity index is 2.30. The second-order valence-electron chi connectivity index (χ2n) is 5.58. The lowest BCUT2D eigenvalue weighted by Crippen LogP contribution is -2.21. The maximum Gasteiger partial charge on any atom is 0.0862 e. The van der Waals surface area contributed by atoms with Crippen LogP contribution in [0, 0.1) is 0 Å². The molecule has 2 aromatic rings. The van der Waals surface area contributed by atoms with Crippen molar-refractivity contribution >= 4 is 25.9 Å². The van der Waals surface area contributed by atoms with Gasteiger partial charge in [-0.1, -0.05) is 79.9 Å². The van der Waals surface area contributed by atoms with Crippen molar-refractivity contribution in [1.82, 2.24) is 0 Å². The van der Waals surface area contributed by atoms with Gasteiger partial charge in [-0.3, -0.25) is 0 Å². The number of hydrogen-bond acceptors (Lipinski definition) is 1. The Morgan fingerprint density at radius 1 is 0.842 bits per heavy atom. The first-order valence-corrected chi connectivity index (χ1v) is 10.9. The van der Waals surface area contributed by atoms with Crippen molar-refractivity contribution < 1.29 is 0 Å². The third-order valence-corrected chi connectivity index (χ3v) is 7.42. The predicted octanol–water partition coefficient (Wildman–Crippen LogP) is 5.70. The Labute approximate surface area is 121 Å². The van der Waals surface area contributed by atoms with E-state index in [0.717, 1.165) is 0 Å². The predicted molar refractivity (Wildman–Crippen MR) is 90.1 cm³/mol. The van der Waals surface area contributed by atoms with Crippen molar-refractivity contribution in [2.45, 2.75) is 24.5 Å². The third kappa shape index (κ3) is 4.41. The summed E-state index contributed by atoms with van der Waals surface area (Å²) in [6, 6.07) is 21.3. The van der Waals surface area contributed by atoms with Crippen molar-refractivity contribution in [1.29, 1.82) is 0 Å². The number of rotatable bonds is 4. The molecule has 0 radical (unpaired) electrons. The molecule has 0 fully saturated rings. The Bertz CT molecular complexity index is 538. The van der Waals surface area contributed by atoms with E-state index in [-0.39, 0.29) is 0 Å². The highest BCUT2D eigenvalue weighted by atomic mass is 32.2. The standard InChI is InChI=1S/C17H20SSi/c1-19(2,3)17(14-15-10-6-4-7-11-15)18-16-12-8-5-9-13-16/h4-14H,1-3H3/b17-14+. The largest absolute Gasteiger partial charge is 0.0991 e. The van der Waals surface area contributed by atoms with Crippen LogP contribution in [0.1, 0.15) is 5.56 Å². The smallest absolute Gasteiger partial charge is 0.0862 e. The van der Waals surface area contributed by atoms with Crippen LogP contribution in [-0.2, 0) is 0 Å². The molecule has 0 atom stereocenters. The maximum atomic E-state index is 2.40. The van der Waals surface area contributed by atoms with E-state index in [9.17, 15) is 0 Å². The molecule has 0 aromatic heterocycles. The zero-order valence-corrected chi connectivity index (χ0v) is 13.6. The molecule has 0 saturated carbocycles. The molecule has 0 aliphatic carbocycles. The lowest BCUT2D eigenvalue weighted by Gasteiger charge is -2.20. The fourth-order valence-electron chi connectivity index (χ4n) is 1.72. The van der Waals surface area contributed by atoms with Gasteiger partial charge in [-0.25, -0.2) is 0 Å². The molecule has 0 unspecified atom stereocenters. The highest BCUT2D eigenvalue weighted by Gasteiger charge is 2.20. The Kier molecular flexibility index (Phi) is 4.67. The van der Waals surface area contributed by atoms with Gasteiger partial charge in [-0.05, 0) is 28.3 Å². The molecule has 98 valence electrons. The van der Waals surface area contributed by atoms with E-state index in [1.807, 2.05) is 11.8 Å². The second-order valence-corrected chi connectivity index (χ2v) is 12.1. The first-order chi connectivity index (χ1) is 9.05. The van der Waals surface area contributed by atoms with Crippen LogP contribution in [0.3, 0.4) is 0 Å². The van der Waals surface area contributed by atoms with E-state index in [4.69, 9.17) is 0 Å². The summed E-state index contributed by atoms with van der Waals surface area (Å²) in [7, 11) is -1.33. The zero-order chi connectivity index (χ0) is 13.7. The van der Waals surface area contributed by atoms with Gasteiger partial charge in [0.2, 0.25) is 0 Å². The average molecular weight is 284 g/mol. The topological polar surface area (TPSA) is 0 Å². The van der Waals surface area contributed by atoms with Crippen LogP contribution in [0.2, 0.25) is 19.6 Å². The number of thioether (sulfide) groups is 1. The van der Waals surface area contributed by atoms with E-state index in [1.54, 1.807) is 0 Å². The molecule has 0 aliphatic rings. The van der Waals surface area contributed by atoms with Gasteiger partial charge in [0.25, 0.3) is 0 Å². The number of hydrogen-bond donors (Lipinski definition) is 0. The van der Waals surface area contributed by atoms with E-state index in [2.05, 4.69) is 86.4 Å². The summed E-state index contributed by atoms with van der Waals surface area (Å²) in [6.07, 6.45) is 2.35. The lowest BCUT2D eigenvalue weighted by atomic mass is 10.2.